The van der Waals surface area contributed by atoms with Gasteiger partial charge in [0.1, 0.15) is 29.6 Å². The number of carbonyl (C=O) groups is 1. The number of rotatable bonds is 6. The Morgan fingerprint density at radius 1 is 0.861 bits per heavy atom. The van der Waals surface area contributed by atoms with Crippen LogP contribution in [0.15, 0.2) is 78.9 Å². The third kappa shape index (κ3) is 5.07. The van der Waals surface area contributed by atoms with E-state index in [4.69, 9.17) is 4.74 Å². The molecule has 0 aliphatic carbocycles. The number of hydrogen-bond donors (Lipinski definition) is 1. The predicted molar refractivity (Wildman–Crippen MR) is 125 cm³/mol. The molecule has 0 amide bonds. The highest BCUT2D eigenvalue weighted by molar-refractivity contribution is 6.02. The molecule has 0 saturated heterocycles. The molecule has 0 saturated carbocycles. The molecule has 0 radical (unpaired) electrons. The van der Waals surface area contributed by atoms with Crippen LogP contribution >= 0.6 is 0 Å². The van der Waals surface area contributed by atoms with Crippen molar-refractivity contribution in [1.29, 1.82) is 0 Å². The first-order valence-electron chi connectivity index (χ1n) is 10.8. The first-order valence-corrected chi connectivity index (χ1v) is 10.8. The molecule has 0 atom stereocenters. The molecule has 4 aromatic rings. The molecule has 4 aromatic carbocycles. The van der Waals surface area contributed by atoms with Crippen LogP contribution in [0.4, 0.5) is 22.0 Å². The summed E-state index contributed by atoms with van der Waals surface area (Å²) >= 11 is 0. The second-order valence-electron chi connectivity index (χ2n) is 8.09. The van der Waals surface area contributed by atoms with E-state index in [-0.39, 0.29) is 34.6 Å². The Hall–Kier alpha value is -4.20. The Bertz CT molecular complexity index is 1440. The minimum absolute atomic E-state index is 0.0254. The molecule has 0 heterocycles. The van der Waals surface area contributed by atoms with Gasteiger partial charge in [-0.05, 0) is 53.4 Å². The van der Waals surface area contributed by atoms with E-state index in [0.717, 1.165) is 18.2 Å². The SMILES string of the molecule is Cc1ccc(-c2ccccc2-c2cccc(C(F)(F)F)c2)c(C(=O)O)c1OCc1ccc(F)cc1F. The number of aryl methyl sites for hydroxylation is 1. The van der Waals surface area contributed by atoms with Crippen LogP contribution in [0.2, 0.25) is 0 Å². The summed E-state index contributed by atoms with van der Waals surface area (Å²) in [6, 6.07) is 17.4. The molecule has 36 heavy (non-hydrogen) atoms. The molecule has 3 nitrogen and oxygen atoms in total. The summed E-state index contributed by atoms with van der Waals surface area (Å²) in [6.07, 6.45) is -4.54. The Morgan fingerprint density at radius 3 is 2.25 bits per heavy atom. The number of benzene rings is 4. The number of carboxylic acids is 1. The number of alkyl halides is 3. The summed E-state index contributed by atoms with van der Waals surface area (Å²) in [6.45, 7) is 1.26. The van der Waals surface area contributed by atoms with Gasteiger partial charge >= 0.3 is 12.1 Å². The molecular weight excluding hydrogens is 479 g/mol. The lowest BCUT2D eigenvalue weighted by atomic mass is 9.90. The maximum Gasteiger partial charge on any atom is 0.416 e. The third-order valence-electron chi connectivity index (χ3n) is 5.67. The van der Waals surface area contributed by atoms with E-state index >= 15 is 0 Å². The molecule has 0 spiro atoms. The van der Waals surface area contributed by atoms with E-state index in [0.29, 0.717) is 22.8 Å². The van der Waals surface area contributed by atoms with Crippen molar-refractivity contribution in [1.82, 2.24) is 0 Å². The van der Waals surface area contributed by atoms with Crippen molar-refractivity contribution < 1.29 is 36.6 Å². The zero-order chi connectivity index (χ0) is 26.0. The average Bonchev–Trinajstić information content (AvgIpc) is 2.83. The summed E-state index contributed by atoms with van der Waals surface area (Å²) in [5, 5.41) is 10.1. The van der Waals surface area contributed by atoms with Gasteiger partial charge in [0.05, 0.1) is 5.56 Å². The summed E-state index contributed by atoms with van der Waals surface area (Å²) in [7, 11) is 0. The van der Waals surface area contributed by atoms with Crippen LogP contribution in [0.1, 0.15) is 27.0 Å². The van der Waals surface area contributed by atoms with Crippen molar-refractivity contribution >= 4 is 5.97 Å². The molecule has 184 valence electrons. The molecule has 0 aliphatic rings. The van der Waals surface area contributed by atoms with E-state index in [1.54, 1.807) is 43.3 Å². The van der Waals surface area contributed by atoms with Gasteiger partial charge in [-0.1, -0.05) is 48.5 Å². The molecular formula is C28H19F5O3. The number of aromatic carboxylic acids is 1. The van der Waals surface area contributed by atoms with Crippen molar-refractivity contribution in [3.05, 3.63) is 113 Å². The van der Waals surface area contributed by atoms with Gasteiger partial charge in [0, 0.05) is 17.2 Å². The predicted octanol–water partition coefficient (Wildman–Crippen LogP) is 7.90. The number of halogens is 5. The normalized spacial score (nSPS) is 11.4. The lowest BCUT2D eigenvalue weighted by molar-refractivity contribution is -0.137. The lowest BCUT2D eigenvalue weighted by Crippen LogP contribution is -2.08. The topological polar surface area (TPSA) is 46.5 Å². The molecule has 8 heteroatoms. The number of ether oxygens (including phenoxy) is 1. The van der Waals surface area contributed by atoms with E-state index < -0.39 is 29.3 Å². The van der Waals surface area contributed by atoms with Gasteiger partial charge in [0.15, 0.2) is 0 Å². The van der Waals surface area contributed by atoms with Crippen LogP contribution in [0.25, 0.3) is 22.3 Å². The smallest absolute Gasteiger partial charge is 0.416 e. The molecule has 0 aromatic heterocycles. The minimum atomic E-state index is -4.54. The molecule has 1 N–H and O–H groups in total. The standard InChI is InChI=1S/C28H19F5O3/c1-16-9-12-23(25(27(34)35)26(16)36-15-18-10-11-20(29)14-24(18)30)22-8-3-2-7-21(22)17-5-4-6-19(13-17)28(31,32)33/h2-14H,15H2,1H3,(H,34,35). The Labute approximate surface area is 203 Å². The van der Waals surface area contributed by atoms with Gasteiger partial charge in [0.25, 0.3) is 0 Å². The minimum Gasteiger partial charge on any atom is -0.488 e. The van der Waals surface area contributed by atoms with Crippen LogP contribution in [-0.4, -0.2) is 11.1 Å². The van der Waals surface area contributed by atoms with Crippen molar-refractivity contribution in [2.45, 2.75) is 19.7 Å². The van der Waals surface area contributed by atoms with Crippen molar-refractivity contribution in [2.24, 2.45) is 0 Å². The van der Waals surface area contributed by atoms with Gasteiger partial charge in [-0.2, -0.15) is 13.2 Å². The largest absolute Gasteiger partial charge is 0.488 e. The maximum atomic E-state index is 14.1. The molecule has 0 aliphatic heterocycles. The Balaban J connectivity index is 1.83. The zero-order valence-electron chi connectivity index (χ0n) is 18.9. The van der Waals surface area contributed by atoms with Crippen LogP contribution in [0, 0.1) is 18.6 Å². The highest BCUT2D eigenvalue weighted by Gasteiger charge is 2.31. The van der Waals surface area contributed by atoms with E-state index in [1.165, 1.54) is 18.2 Å². The van der Waals surface area contributed by atoms with Crippen LogP contribution in [0.3, 0.4) is 0 Å². The second-order valence-corrected chi connectivity index (χ2v) is 8.09. The van der Waals surface area contributed by atoms with Gasteiger partial charge in [-0.3, -0.25) is 0 Å². The van der Waals surface area contributed by atoms with Gasteiger partial charge in [-0.15, -0.1) is 0 Å². The highest BCUT2D eigenvalue weighted by atomic mass is 19.4. The van der Waals surface area contributed by atoms with E-state index in [2.05, 4.69) is 0 Å². The fourth-order valence-electron chi connectivity index (χ4n) is 3.93. The van der Waals surface area contributed by atoms with Crippen LogP contribution < -0.4 is 4.74 Å². The summed E-state index contributed by atoms with van der Waals surface area (Å²) in [5.74, 6) is -2.95. The maximum absolute atomic E-state index is 14.1. The van der Waals surface area contributed by atoms with Gasteiger partial charge < -0.3 is 9.84 Å². The van der Waals surface area contributed by atoms with Crippen molar-refractivity contribution in [2.75, 3.05) is 0 Å². The van der Waals surface area contributed by atoms with Crippen molar-refractivity contribution in [3.8, 4) is 28.0 Å². The third-order valence-corrected chi connectivity index (χ3v) is 5.67. The Morgan fingerprint density at radius 2 is 1.58 bits per heavy atom. The molecule has 4 rings (SSSR count). The fourth-order valence-corrected chi connectivity index (χ4v) is 3.93. The molecule has 0 fully saturated rings. The van der Waals surface area contributed by atoms with Gasteiger partial charge in [-0.25, -0.2) is 13.6 Å². The molecule has 0 unspecified atom stereocenters. The van der Waals surface area contributed by atoms with E-state index in [9.17, 15) is 31.9 Å². The van der Waals surface area contributed by atoms with Crippen LogP contribution in [-0.2, 0) is 12.8 Å². The summed E-state index contributed by atoms with van der Waals surface area (Å²) in [4.78, 5) is 12.4. The first kappa shape index (κ1) is 24.9. The second kappa shape index (κ2) is 9.81. The average molecular weight is 498 g/mol. The number of hydrogen-bond acceptors (Lipinski definition) is 2. The van der Waals surface area contributed by atoms with Gasteiger partial charge in [0.2, 0.25) is 0 Å². The monoisotopic (exact) mass is 498 g/mol. The zero-order valence-corrected chi connectivity index (χ0v) is 18.9. The highest BCUT2D eigenvalue weighted by Crippen LogP contribution is 2.40. The van der Waals surface area contributed by atoms with E-state index in [1.807, 2.05) is 0 Å². The van der Waals surface area contributed by atoms with Crippen molar-refractivity contribution in [3.63, 3.8) is 0 Å². The lowest BCUT2D eigenvalue weighted by Gasteiger charge is -2.18. The fraction of sp³-hybridized carbons (Fsp3) is 0.107. The van der Waals surface area contributed by atoms with Crippen LogP contribution in [0.5, 0.6) is 5.75 Å². The quantitative estimate of drug-likeness (QED) is 0.275. The number of carboxylic acid groups (broad SMARTS) is 1. The Kier molecular flexibility index (Phi) is 6.79. The summed E-state index contributed by atoms with van der Waals surface area (Å²) < 4.78 is 73.0. The summed E-state index contributed by atoms with van der Waals surface area (Å²) in [5.41, 5.74) is 0.679. The molecule has 0 bridgehead atoms. The first-order chi connectivity index (χ1) is 17.1.